The Bertz CT molecular complexity index is 777. The molecule has 0 saturated carbocycles. The van der Waals surface area contributed by atoms with Gasteiger partial charge in [0, 0.05) is 18.8 Å². The van der Waals surface area contributed by atoms with Crippen molar-refractivity contribution >= 4 is 5.69 Å². The van der Waals surface area contributed by atoms with Gasteiger partial charge in [0.1, 0.15) is 5.82 Å². The molecule has 2 nitrogen and oxygen atoms in total. The molecule has 1 N–H and O–H groups in total. The summed E-state index contributed by atoms with van der Waals surface area (Å²) < 4.78 is 14.2. The maximum atomic E-state index is 14.2. The van der Waals surface area contributed by atoms with Crippen molar-refractivity contribution in [1.82, 2.24) is 0 Å². The summed E-state index contributed by atoms with van der Waals surface area (Å²) in [4.78, 5) is 2.17. The number of hydrogen-bond acceptors (Lipinski definition) is 2. The smallest absolute Gasteiger partial charge is 0.125 e. The summed E-state index contributed by atoms with van der Waals surface area (Å²) >= 11 is 0. The highest BCUT2D eigenvalue weighted by atomic mass is 19.1. The van der Waals surface area contributed by atoms with Crippen LogP contribution in [-0.4, -0.2) is 11.2 Å². The van der Waals surface area contributed by atoms with Crippen LogP contribution in [0.15, 0.2) is 78.9 Å². The van der Waals surface area contributed by atoms with E-state index in [0.717, 1.165) is 11.3 Å². The zero-order valence-corrected chi connectivity index (χ0v) is 15.0. The van der Waals surface area contributed by atoms with Crippen molar-refractivity contribution in [1.29, 1.82) is 0 Å². The fourth-order valence-electron chi connectivity index (χ4n) is 3.12. The summed E-state index contributed by atoms with van der Waals surface area (Å²) in [5.74, 6) is -0.274. The third-order valence-electron chi connectivity index (χ3n) is 4.27. The molecule has 0 heterocycles. The number of aliphatic hydroxyl groups excluding tert-OH is 1. The molecule has 0 spiro atoms. The lowest BCUT2D eigenvalue weighted by molar-refractivity contribution is 0.195. The van der Waals surface area contributed by atoms with Crippen molar-refractivity contribution in [2.24, 2.45) is 0 Å². The van der Waals surface area contributed by atoms with Gasteiger partial charge >= 0.3 is 0 Å². The average molecular weight is 349 g/mol. The molecule has 1 unspecified atom stereocenters. The Morgan fingerprint density at radius 2 is 1.35 bits per heavy atom. The van der Waals surface area contributed by atoms with E-state index >= 15 is 0 Å². The van der Waals surface area contributed by atoms with Crippen LogP contribution in [0.3, 0.4) is 0 Å². The lowest BCUT2D eigenvalue weighted by atomic mass is 10.1. The molecule has 0 fully saturated rings. The van der Waals surface area contributed by atoms with Crippen LogP contribution < -0.4 is 4.90 Å². The molecule has 0 radical (unpaired) electrons. The van der Waals surface area contributed by atoms with Gasteiger partial charge in [0.05, 0.1) is 6.10 Å². The number of hydrogen-bond donors (Lipinski definition) is 1. The standard InChI is InChI=1S/C23H24FNO/c1-18(26)12-21-13-22(24)15-23(14-21)25(16-19-8-4-2-5-9-19)17-20-10-6-3-7-11-20/h2-11,13-15,18,26H,12,16-17H2,1H3. The zero-order valence-electron chi connectivity index (χ0n) is 15.0. The van der Waals surface area contributed by atoms with Crippen LogP contribution in [-0.2, 0) is 19.5 Å². The van der Waals surface area contributed by atoms with Crippen LogP contribution in [0.5, 0.6) is 0 Å². The monoisotopic (exact) mass is 349 g/mol. The van der Waals surface area contributed by atoms with E-state index in [1.807, 2.05) is 42.5 Å². The number of nitrogens with zero attached hydrogens (tertiary/aromatic N) is 1. The average Bonchev–Trinajstić information content (AvgIpc) is 2.62. The van der Waals surface area contributed by atoms with Crippen LogP contribution in [0.1, 0.15) is 23.6 Å². The Kier molecular flexibility index (Phi) is 6.03. The van der Waals surface area contributed by atoms with Crippen molar-refractivity contribution < 1.29 is 9.50 Å². The molecule has 134 valence electrons. The SMILES string of the molecule is CC(O)Cc1cc(F)cc(N(Cc2ccccc2)Cc2ccccc2)c1. The van der Waals surface area contributed by atoms with E-state index in [2.05, 4.69) is 29.2 Å². The second-order valence-electron chi connectivity index (χ2n) is 6.70. The van der Waals surface area contributed by atoms with Crippen LogP contribution in [0.4, 0.5) is 10.1 Å². The molecule has 0 amide bonds. The van der Waals surface area contributed by atoms with Crippen LogP contribution in [0.2, 0.25) is 0 Å². The summed E-state index contributed by atoms with van der Waals surface area (Å²) in [5, 5.41) is 9.66. The van der Waals surface area contributed by atoms with Gasteiger partial charge in [0.2, 0.25) is 0 Å². The molecular weight excluding hydrogens is 325 g/mol. The minimum absolute atomic E-state index is 0.274. The van der Waals surface area contributed by atoms with Gasteiger partial charge in [0.15, 0.2) is 0 Å². The summed E-state index contributed by atoms with van der Waals surface area (Å²) in [6.07, 6.45) is -0.0590. The van der Waals surface area contributed by atoms with Crippen molar-refractivity contribution in [2.75, 3.05) is 4.90 Å². The molecule has 0 saturated heterocycles. The fraction of sp³-hybridized carbons (Fsp3) is 0.217. The van der Waals surface area contributed by atoms with Crippen molar-refractivity contribution in [3.8, 4) is 0 Å². The van der Waals surface area contributed by atoms with Gasteiger partial charge in [-0.15, -0.1) is 0 Å². The maximum absolute atomic E-state index is 14.2. The van der Waals surface area contributed by atoms with E-state index < -0.39 is 6.10 Å². The normalized spacial score (nSPS) is 12.0. The Balaban J connectivity index is 1.92. The third kappa shape index (κ3) is 5.17. The summed E-state index contributed by atoms with van der Waals surface area (Å²) in [7, 11) is 0. The van der Waals surface area contributed by atoms with Crippen molar-refractivity contribution in [3.63, 3.8) is 0 Å². The predicted molar refractivity (Wildman–Crippen MR) is 105 cm³/mol. The number of rotatable bonds is 7. The van der Waals surface area contributed by atoms with Crippen LogP contribution >= 0.6 is 0 Å². The van der Waals surface area contributed by atoms with E-state index in [0.29, 0.717) is 19.5 Å². The molecule has 0 aromatic heterocycles. The predicted octanol–water partition coefficient (Wildman–Crippen LogP) is 4.96. The highest BCUT2D eigenvalue weighted by Crippen LogP contribution is 2.24. The van der Waals surface area contributed by atoms with Gasteiger partial charge in [-0.3, -0.25) is 0 Å². The Hall–Kier alpha value is -2.65. The number of anilines is 1. The van der Waals surface area contributed by atoms with E-state index in [1.54, 1.807) is 13.0 Å². The van der Waals surface area contributed by atoms with E-state index in [1.165, 1.54) is 17.2 Å². The minimum atomic E-state index is -0.499. The van der Waals surface area contributed by atoms with Crippen LogP contribution in [0.25, 0.3) is 0 Å². The zero-order chi connectivity index (χ0) is 18.4. The first-order valence-corrected chi connectivity index (χ1v) is 8.90. The number of benzene rings is 3. The molecule has 26 heavy (non-hydrogen) atoms. The lowest BCUT2D eigenvalue weighted by Crippen LogP contribution is -2.22. The van der Waals surface area contributed by atoms with Gasteiger partial charge in [-0.1, -0.05) is 60.7 Å². The molecule has 0 aliphatic rings. The second-order valence-corrected chi connectivity index (χ2v) is 6.70. The molecule has 0 aliphatic heterocycles. The van der Waals surface area contributed by atoms with Gasteiger partial charge in [0.25, 0.3) is 0 Å². The molecule has 3 rings (SSSR count). The Morgan fingerprint density at radius 3 is 1.85 bits per heavy atom. The molecule has 3 heteroatoms. The lowest BCUT2D eigenvalue weighted by Gasteiger charge is -2.26. The van der Waals surface area contributed by atoms with E-state index in [-0.39, 0.29) is 5.82 Å². The first-order valence-electron chi connectivity index (χ1n) is 8.90. The molecule has 3 aromatic carbocycles. The fourth-order valence-corrected chi connectivity index (χ4v) is 3.12. The molecular formula is C23H24FNO. The molecule has 0 bridgehead atoms. The quantitative estimate of drug-likeness (QED) is 0.652. The molecule has 1 atom stereocenters. The second kappa shape index (κ2) is 8.63. The van der Waals surface area contributed by atoms with Gasteiger partial charge in [-0.25, -0.2) is 4.39 Å². The van der Waals surface area contributed by atoms with Crippen molar-refractivity contribution in [3.05, 3.63) is 101 Å². The largest absolute Gasteiger partial charge is 0.393 e. The first-order chi connectivity index (χ1) is 12.6. The van der Waals surface area contributed by atoms with Gasteiger partial charge in [-0.2, -0.15) is 0 Å². The third-order valence-corrected chi connectivity index (χ3v) is 4.27. The van der Waals surface area contributed by atoms with Crippen molar-refractivity contribution in [2.45, 2.75) is 32.5 Å². The summed E-state index contributed by atoms with van der Waals surface area (Å²) in [6, 6.07) is 25.4. The maximum Gasteiger partial charge on any atom is 0.125 e. The Morgan fingerprint density at radius 1 is 0.808 bits per heavy atom. The van der Waals surface area contributed by atoms with E-state index in [4.69, 9.17) is 0 Å². The number of aliphatic hydroxyl groups is 1. The van der Waals surface area contributed by atoms with Crippen LogP contribution in [0, 0.1) is 5.82 Å². The topological polar surface area (TPSA) is 23.5 Å². The highest BCUT2D eigenvalue weighted by Gasteiger charge is 2.12. The highest BCUT2D eigenvalue weighted by molar-refractivity contribution is 5.50. The number of halogens is 1. The van der Waals surface area contributed by atoms with E-state index in [9.17, 15) is 9.50 Å². The summed E-state index contributed by atoms with van der Waals surface area (Å²) in [6.45, 7) is 3.09. The van der Waals surface area contributed by atoms with Gasteiger partial charge < -0.3 is 10.0 Å². The summed E-state index contributed by atoms with van der Waals surface area (Å²) in [5.41, 5.74) is 3.98. The molecule has 0 aliphatic carbocycles. The molecule has 3 aromatic rings. The van der Waals surface area contributed by atoms with Gasteiger partial charge in [-0.05, 0) is 48.2 Å². The Labute approximate surface area is 154 Å². The first kappa shape index (κ1) is 18.2. The minimum Gasteiger partial charge on any atom is -0.393 e.